The summed E-state index contributed by atoms with van der Waals surface area (Å²) in [6.45, 7) is 7.18. The number of aromatic nitrogens is 3. The molecule has 1 atom stereocenters. The lowest BCUT2D eigenvalue weighted by molar-refractivity contribution is 0.0666. The van der Waals surface area contributed by atoms with Gasteiger partial charge in [-0.05, 0) is 39.0 Å². The molecule has 1 aliphatic rings. The van der Waals surface area contributed by atoms with Crippen molar-refractivity contribution >= 4 is 11.6 Å². The van der Waals surface area contributed by atoms with E-state index in [0.29, 0.717) is 24.5 Å². The molecule has 0 amide bonds. The van der Waals surface area contributed by atoms with E-state index in [0.717, 1.165) is 34.8 Å². The number of halogens is 3. The summed E-state index contributed by atoms with van der Waals surface area (Å²) in [4.78, 5) is 9.40. The number of aryl methyl sites for hydroxylation is 2. The van der Waals surface area contributed by atoms with Crippen molar-refractivity contribution in [2.45, 2.75) is 46.3 Å². The third-order valence-electron chi connectivity index (χ3n) is 5.10. The Balaban J connectivity index is 1.91. The fourth-order valence-electron chi connectivity index (χ4n) is 3.87. The van der Waals surface area contributed by atoms with Gasteiger partial charge in [-0.1, -0.05) is 23.7 Å². The number of rotatable bonds is 3. The first-order valence-corrected chi connectivity index (χ1v) is 9.96. The largest absolute Gasteiger partial charge is 0.376 e. The van der Waals surface area contributed by atoms with Crippen molar-refractivity contribution in [2.24, 2.45) is 0 Å². The molecule has 7 heteroatoms. The van der Waals surface area contributed by atoms with Crippen molar-refractivity contribution in [3.05, 3.63) is 58.0 Å². The number of pyridine rings is 1. The Kier molecular flexibility index (Phi) is 5.40. The highest BCUT2D eigenvalue weighted by atomic mass is 35.5. The van der Waals surface area contributed by atoms with Gasteiger partial charge in [0.2, 0.25) is 0 Å². The molecule has 3 heterocycles. The van der Waals surface area contributed by atoms with Gasteiger partial charge in [0.1, 0.15) is 5.82 Å². The summed E-state index contributed by atoms with van der Waals surface area (Å²) < 4.78 is 34.2. The van der Waals surface area contributed by atoms with Gasteiger partial charge in [-0.3, -0.25) is 4.98 Å². The first kappa shape index (κ1) is 20.0. The smallest absolute Gasteiger partial charge is 0.265 e. The molecule has 1 aromatic carbocycles. The average Bonchev–Trinajstić information content (AvgIpc) is 2.87. The summed E-state index contributed by atoms with van der Waals surface area (Å²) >= 11 is 6.13. The van der Waals surface area contributed by atoms with E-state index >= 15 is 0 Å². The van der Waals surface area contributed by atoms with E-state index in [4.69, 9.17) is 21.3 Å². The van der Waals surface area contributed by atoms with Gasteiger partial charge in [0, 0.05) is 40.2 Å². The highest BCUT2D eigenvalue weighted by Crippen LogP contribution is 2.35. The van der Waals surface area contributed by atoms with E-state index < -0.39 is 6.43 Å². The summed E-state index contributed by atoms with van der Waals surface area (Å²) in [5, 5.41) is 0.0462. The summed E-state index contributed by atoms with van der Waals surface area (Å²) in [6, 6.07) is 8.64. The molecule has 0 fully saturated rings. The Morgan fingerprint density at radius 3 is 2.48 bits per heavy atom. The molecule has 0 unspecified atom stereocenters. The van der Waals surface area contributed by atoms with Gasteiger partial charge in [-0.25, -0.2) is 13.8 Å². The monoisotopic (exact) mass is 417 g/mol. The van der Waals surface area contributed by atoms with Crippen LogP contribution in [0.1, 0.15) is 36.0 Å². The normalized spacial score (nSPS) is 16.7. The molecule has 4 nitrogen and oxygen atoms in total. The van der Waals surface area contributed by atoms with Crippen molar-refractivity contribution in [1.29, 1.82) is 0 Å². The summed E-state index contributed by atoms with van der Waals surface area (Å²) in [5.41, 5.74) is 5.33. The summed E-state index contributed by atoms with van der Waals surface area (Å²) in [6.07, 6.45) is -1.87. The third kappa shape index (κ3) is 3.91. The summed E-state index contributed by atoms with van der Waals surface area (Å²) in [5.74, 6) is 0.710. The standard InChI is InChI=1S/C22H22ClF2N3O/c1-12-8-16(9-13(2)26-12)20-19-6-7-29-14(3)11-28(19)22(27-20)15-4-5-17(21(24)25)18(23)10-15/h4-5,8-10,14,21H,6-7,11H2,1-3H3/t14-/m1/s1. The van der Waals surface area contributed by atoms with Crippen LogP contribution in [0.4, 0.5) is 8.78 Å². The molecule has 0 aliphatic carbocycles. The van der Waals surface area contributed by atoms with Crippen LogP contribution in [0.5, 0.6) is 0 Å². The second-order valence-electron chi connectivity index (χ2n) is 7.45. The molecular weight excluding hydrogens is 396 g/mol. The molecule has 0 spiro atoms. The van der Waals surface area contributed by atoms with E-state index in [1.807, 2.05) is 32.9 Å². The maximum atomic E-state index is 13.1. The maximum Gasteiger partial charge on any atom is 0.265 e. The van der Waals surface area contributed by atoms with Gasteiger partial charge in [0.25, 0.3) is 6.43 Å². The van der Waals surface area contributed by atoms with Crippen LogP contribution in [-0.4, -0.2) is 27.2 Å². The van der Waals surface area contributed by atoms with Crippen molar-refractivity contribution in [2.75, 3.05) is 6.61 Å². The second-order valence-corrected chi connectivity index (χ2v) is 7.86. The zero-order valence-electron chi connectivity index (χ0n) is 16.5. The zero-order valence-corrected chi connectivity index (χ0v) is 17.3. The minimum Gasteiger partial charge on any atom is -0.376 e. The first-order chi connectivity index (χ1) is 13.8. The molecule has 1 aliphatic heterocycles. The predicted octanol–water partition coefficient (Wildman–Crippen LogP) is 5.78. The Morgan fingerprint density at radius 2 is 1.83 bits per heavy atom. The number of benzene rings is 1. The van der Waals surface area contributed by atoms with E-state index in [1.165, 1.54) is 6.07 Å². The van der Waals surface area contributed by atoms with Crippen LogP contribution in [-0.2, 0) is 17.7 Å². The quantitative estimate of drug-likeness (QED) is 0.542. The van der Waals surface area contributed by atoms with Crippen molar-refractivity contribution in [3.8, 4) is 22.6 Å². The SMILES string of the molecule is Cc1cc(-c2nc(-c3ccc(C(F)F)c(Cl)c3)n3c2CCO[C@H](C)C3)cc(C)n1. The molecule has 152 valence electrons. The van der Waals surface area contributed by atoms with Crippen LogP contribution in [0.15, 0.2) is 30.3 Å². The van der Waals surface area contributed by atoms with E-state index in [2.05, 4.69) is 9.55 Å². The highest BCUT2D eigenvalue weighted by Gasteiger charge is 2.25. The van der Waals surface area contributed by atoms with Crippen molar-refractivity contribution in [1.82, 2.24) is 14.5 Å². The predicted molar refractivity (Wildman–Crippen MR) is 109 cm³/mol. The van der Waals surface area contributed by atoms with Crippen LogP contribution in [0.25, 0.3) is 22.6 Å². The first-order valence-electron chi connectivity index (χ1n) is 9.58. The molecule has 0 saturated carbocycles. The van der Waals surface area contributed by atoms with E-state index in [9.17, 15) is 8.78 Å². The van der Waals surface area contributed by atoms with Crippen LogP contribution in [0, 0.1) is 13.8 Å². The van der Waals surface area contributed by atoms with Gasteiger partial charge in [0.15, 0.2) is 0 Å². The van der Waals surface area contributed by atoms with Crippen LogP contribution >= 0.6 is 11.6 Å². The molecule has 0 saturated heterocycles. The maximum absolute atomic E-state index is 13.1. The van der Waals surface area contributed by atoms with E-state index in [-0.39, 0.29) is 16.7 Å². The topological polar surface area (TPSA) is 39.9 Å². The van der Waals surface area contributed by atoms with Gasteiger partial charge in [0.05, 0.1) is 30.0 Å². The lowest BCUT2D eigenvalue weighted by Crippen LogP contribution is -2.15. The zero-order chi connectivity index (χ0) is 20.7. The fourth-order valence-corrected chi connectivity index (χ4v) is 4.13. The second kappa shape index (κ2) is 7.84. The molecule has 0 radical (unpaired) electrons. The lowest BCUT2D eigenvalue weighted by atomic mass is 10.1. The number of ether oxygens (including phenoxy) is 1. The Bertz CT molecular complexity index is 1040. The minimum atomic E-state index is -2.61. The molecule has 4 rings (SSSR count). The third-order valence-corrected chi connectivity index (χ3v) is 5.43. The fraction of sp³-hybridized carbons (Fsp3) is 0.364. The Morgan fingerprint density at radius 1 is 1.10 bits per heavy atom. The van der Waals surface area contributed by atoms with E-state index in [1.54, 1.807) is 12.1 Å². The molecule has 2 aromatic heterocycles. The Labute approximate surface area is 173 Å². The van der Waals surface area contributed by atoms with Crippen LogP contribution < -0.4 is 0 Å². The Hall–Kier alpha value is -2.31. The van der Waals surface area contributed by atoms with Crippen LogP contribution in [0.2, 0.25) is 5.02 Å². The summed E-state index contributed by atoms with van der Waals surface area (Å²) in [7, 11) is 0. The lowest BCUT2D eigenvalue weighted by Gasteiger charge is -2.13. The van der Waals surface area contributed by atoms with Gasteiger partial charge in [-0.2, -0.15) is 0 Å². The molecular formula is C22H22ClF2N3O. The number of fused-ring (bicyclic) bond motifs is 1. The number of alkyl halides is 2. The average molecular weight is 418 g/mol. The van der Waals surface area contributed by atoms with Gasteiger partial charge in [-0.15, -0.1) is 0 Å². The van der Waals surface area contributed by atoms with Gasteiger partial charge >= 0.3 is 0 Å². The molecule has 29 heavy (non-hydrogen) atoms. The number of hydrogen-bond acceptors (Lipinski definition) is 3. The minimum absolute atomic E-state index is 0.0220. The highest BCUT2D eigenvalue weighted by molar-refractivity contribution is 6.31. The molecule has 3 aromatic rings. The molecule has 0 N–H and O–H groups in total. The van der Waals surface area contributed by atoms with Crippen LogP contribution in [0.3, 0.4) is 0 Å². The molecule has 0 bridgehead atoms. The number of imidazole rings is 1. The van der Waals surface area contributed by atoms with Crippen molar-refractivity contribution < 1.29 is 13.5 Å². The van der Waals surface area contributed by atoms with Crippen molar-refractivity contribution in [3.63, 3.8) is 0 Å². The van der Waals surface area contributed by atoms with Gasteiger partial charge < -0.3 is 9.30 Å². The number of nitrogens with zero attached hydrogens (tertiary/aromatic N) is 3. The number of hydrogen-bond donors (Lipinski definition) is 0.